The molecule has 9 heteroatoms. The lowest BCUT2D eigenvalue weighted by atomic mass is 10.2. The number of aromatic nitrogens is 3. The summed E-state index contributed by atoms with van der Waals surface area (Å²) < 4.78 is 5.07. The van der Waals surface area contributed by atoms with Crippen LogP contribution in [-0.2, 0) is 4.74 Å². The van der Waals surface area contributed by atoms with Crippen molar-refractivity contribution in [2.24, 2.45) is 0 Å². The molecule has 23 heavy (non-hydrogen) atoms. The topological polar surface area (TPSA) is 111 Å². The number of hydrogen-bond acceptors (Lipinski definition) is 7. The van der Waals surface area contributed by atoms with Gasteiger partial charge in [0.15, 0.2) is 0 Å². The van der Waals surface area contributed by atoms with Crippen molar-refractivity contribution in [3.05, 3.63) is 39.7 Å². The minimum atomic E-state index is -0.563. The van der Waals surface area contributed by atoms with Crippen LogP contribution in [0.2, 0.25) is 0 Å². The zero-order valence-electron chi connectivity index (χ0n) is 12.7. The lowest BCUT2D eigenvalue weighted by Gasteiger charge is -2.05. The van der Waals surface area contributed by atoms with Crippen molar-refractivity contribution >= 4 is 23.4 Å². The molecule has 0 aliphatic rings. The second-order valence-electron chi connectivity index (χ2n) is 4.73. The second-order valence-corrected chi connectivity index (χ2v) is 5.74. The van der Waals surface area contributed by atoms with Crippen molar-refractivity contribution in [3.8, 4) is 0 Å². The van der Waals surface area contributed by atoms with E-state index >= 15 is 0 Å². The van der Waals surface area contributed by atoms with Gasteiger partial charge in [-0.15, -0.1) is 5.10 Å². The zero-order chi connectivity index (χ0) is 16.8. The Morgan fingerprint density at radius 2 is 2.26 bits per heavy atom. The van der Waals surface area contributed by atoms with Gasteiger partial charge in [0.2, 0.25) is 5.16 Å². The molecule has 0 atom stereocenters. The molecule has 8 nitrogen and oxygen atoms in total. The third-order valence-corrected chi connectivity index (χ3v) is 3.83. The highest BCUT2D eigenvalue weighted by Crippen LogP contribution is 2.33. The highest BCUT2D eigenvalue weighted by Gasteiger charge is 2.20. The van der Waals surface area contributed by atoms with E-state index in [1.54, 1.807) is 6.92 Å². The summed E-state index contributed by atoms with van der Waals surface area (Å²) in [6.45, 7) is 4.02. The van der Waals surface area contributed by atoms with E-state index in [-0.39, 0.29) is 11.3 Å². The fraction of sp³-hybridized carbons (Fsp3) is 0.357. The number of rotatable bonds is 7. The SMILES string of the molecule is CCCCOC(=O)c1ccc(Sc2n[nH]c(C)n2)c([N+](=O)[O-])c1. The number of nitrogens with zero attached hydrogens (tertiary/aromatic N) is 3. The van der Waals surface area contributed by atoms with E-state index in [0.717, 1.165) is 24.6 Å². The number of hydrogen-bond donors (Lipinski definition) is 1. The molecule has 0 aliphatic carbocycles. The summed E-state index contributed by atoms with van der Waals surface area (Å²) in [7, 11) is 0. The van der Waals surface area contributed by atoms with Gasteiger partial charge in [-0.3, -0.25) is 15.2 Å². The average Bonchev–Trinajstić information content (AvgIpc) is 2.92. The number of aromatic amines is 1. The number of carbonyl (C=O) groups excluding carboxylic acids is 1. The van der Waals surface area contributed by atoms with Gasteiger partial charge in [0, 0.05) is 6.07 Å². The maximum atomic E-state index is 11.9. The van der Waals surface area contributed by atoms with E-state index < -0.39 is 10.9 Å². The monoisotopic (exact) mass is 336 g/mol. The maximum Gasteiger partial charge on any atom is 0.338 e. The Labute approximate surface area is 136 Å². The molecule has 0 unspecified atom stereocenters. The van der Waals surface area contributed by atoms with Crippen LogP contribution in [0.4, 0.5) is 5.69 Å². The van der Waals surface area contributed by atoms with Gasteiger partial charge >= 0.3 is 5.97 Å². The van der Waals surface area contributed by atoms with E-state index in [1.807, 2.05) is 6.92 Å². The van der Waals surface area contributed by atoms with Crippen molar-refractivity contribution in [1.29, 1.82) is 0 Å². The van der Waals surface area contributed by atoms with Crippen LogP contribution in [0.5, 0.6) is 0 Å². The number of nitrogens with one attached hydrogen (secondary N) is 1. The molecule has 0 saturated carbocycles. The summed E-state index contributed by atoms with van der Waals surface area (Å²) in [6.07, 6.45) is 1.66. The van der Waals surface area contributed by atoms with Crippen molar-refractivity contribution in [1.82, 2.24) is 15.2 Å². The fourth-order valence-corrected chi connectivity index (χ4v) is 2.58. The number of unbranched alkanes of at least 4 members (excludes halogenated alkanes) is 1. The Morgan fingerprint density at radius 3 is 2.87 bits per heavy atom. The minimum Gasteiger partial charge on any atom is -0.462 e. The highest BCUT2D eigenvalue weighted by atomic mass is 32.2. The van der Waals surface area contributed by atoms with Crippen LogP contribution in [0.3, 0.4) is 0 Å². The highest BCUT2D eigenvalue weighted by molar-refractivity contribution is 7.99. The Kier molecular flexibility index (Phi) is 5.69. The lowest BCUT2D eigenvalue weighted by molar-refractivity contribution is -0.387. The summed E-state index contributed by atoms with van der Waals surface area (Å²) in [5.41, 5.74) is -0.0225. The molecule has 0 bridgehead atoms. The van der Waals surface area contributed by atoms with Crippen LogP contribution in [0.1, 0.15) is 35.9 Å². The molecule has 0 radical (unpaired) electrons. The Hall–Kier alpha value is -2.42. The standard InChI is InChI=1S/C14H16N4O4S/c1-3-4-7-22-13(19)10-5-6-12(11(8-10)18(20)21)23-14-15-9(2)16-17-14/h5-6,8H,3-4,7H2,1-2H3,(H,15,16,17). The second kappa shape index (κ2) is 7.73. The molecule has 0 saturated heterocycles. The van der Waals surface area contributed by atoms with Crippen LogP contribution in [0.15, 0.2) is 28.3 Å². The molecule has 0 fully saturated rings. The van der Waals surface area contributed by atoms with Crippen LogP contribution >= 0.6 is 11.8 Å². The normalized spacial score (nSPS) is 10.5. The number of aryl methyl sites for hydroxylation is 1. The zero-order valence-corrected chi connectivity index (χ0v) is 13.6. The Balaban J connectivity index is 2.20. The van der Waals surface area contributed by atoms with Crippen molar-refractivity contribution in [3.63, 3.8) is 0 Å². The molecule has 0 amide bonds. The summed E-state index contributed by atoms with van der Waals surface area (Å²) in [6, 6.07) is 4.23. The van der Waals surface area contributed by atoms with Gasteiger partial charge in [-0.25, -0.2) is 9.78 Å². The summed E-state index contributed by atoms with van der Waals surface area (Å²) in [5, 5.41) is 18.2. The van der Waals surface area contributed by atoms with Crippen LogP contribution in [-0.4, -0.2) is 32.7 Å². The molecule has 1 aromatic carbocycles. The summed E-state index contributed by atoms with van der Waals surface area (Å²) >= 11 is 1.06. The molecule has 1 aromatic heterocycles. The first-order valence-corrected chi connectivity index (χ1v) is 7.85. The fourth-order valence-electron chi connectivity index (χ4n) is 1.73. The van der Waals surface area contributed by atoms with Gasteiger partial charge in [-0.1, -0.05) is 13.3 Å². The van der Waals surface area contributed by atoms with Gasteiger partial charge in [0.05, 0.1) is 22.0 Å². The summed E-state index contributed by atoms with van der Waals surface area (Å²) in [5.74, 6) is 0.0538. The van der Waals surface area contributed by atoms with Crippen molar-refractivity contribution in [2.45, 2.75) is 36.7 Å². The molecular weight excluding hydrogens is 320 g/mol. The smallest absolute Gasteiger partial charge is 0.338 e. The number of H-pyrrole nitrogens is 1. The quantitative estimate of drug-likeness (QED) is 0.358. The predicted octanol–water partition coefficient (Wildman–Crippen LogP) is 3.13. The number of esters is 1. The molecular formula is C14H16N4O4S. The minimum absolute atomic E-state index is 0.156. The van der Waals surface area contributed by atoms with E-state index in [1.165, 1.54) is 18.2 Å². The largest absolute Gasteiger partial charge is 0.462 e. The molecule has 0 aliphatic heterocycles. The number of nitro benzene ring substituents is 1. The lowest BCUT2D eigenvalue weighted by Crippen LogP contribution is -2.07. The van der Waals surface area contributed by atoms with Gasteiger partial charge in [0.1, 0.15) is 5.82 Å². The molecule has 2 aromatic rings. The molecule has 1 N–H and O–H groups in total. The Morgan fingerprint density at radius 1 is 1.48 bits per heavy atom. The van der Waals surface area contributed by atoms with Gasteiger partial charge in [0.25, 0.3) is 5.69 Å². The molecule has 122 valence electrons. The van der Waals surface area contributed by atoms with Crippen molar-refractivity contribution in [2.75, 3.05) is 6.61 Å². The Bertz CT molecular complexity index is 717. The van der Waals surface area contributed by atoms with E-state index in [2.05, 4.69) is 15.2 Å². The van der Waals surface area contributed by atoms with E-state index in [9.17, 15) is 14.9 Å². The van der Waals surface area contributed by atoms with Gasteiger partial charge in [-0.2, -0.15) is 0 Å². The van der Waals surface area contributed by atoms with Crippen LogP contribution in [0, 0.1) is 17.0 Å². The van der Waals surface area contributed by atoms with Crippen LogP contribution in [0.25, 0.3) is 0 Å². The van der Waals surface area contributed by atoms with Gasteiger partial charge in [-0.05, 0) is 37.2 Å². The number of ether oxygens (including phenoxy) is 1. The van der Waals surface area contributed by atoms with Crippen LogP contribution < -0.4 is 0 Å². The predicted molar refractivity (Wildman–Crippen MR) is 83.5 cm³/mol. The first-order chi connectivity index (χ1) is 11.0. The van der Waals surface area contributed by atoms with Crippen molar-refractivity contribution < 1.29 is 14.5 Å². The summed E-state index contributed by atoms with van der Waals surface area (Å²) in [4.78, 5) is 27.0. The third-order valence-electron chi connectivity index (χ3n) is 2.90. The number of carbonyl (C=O) groups is 1. The first-order valence-electron chi connectivity index (χ1n) is 7.03. The third kappa shape index (κ3) is 4.52. The molecule has 0 spiro atoms. The van der Waals surface area contributed by atoms with Gasteiger partial charge < -0.3 is 4.74 Å². The van der Waals surface area contributed by atoms with E-state index in [4.69, 9.17) is 4.74 Å². The molecule has 1 heterocycles. The number of benzene rings is 1. The average molecular weight is 336 g/mol. The molecule has 2 rings (SSSR count). The first kappa shape index (κ1) is 16.9. The van der Waals surface area contributed by atoms with E-state index in [0.29, 0.717) is 22.5 Å². The number of nitro groups is 1. The maximum absolute atomic E-state index is 11.9.